The lowest BCUT2D eigenvalue weighted by molar-refractivity contribution is -0.0440. The molecule has 2 heterocycles. The molecule has 1 fully saturated rings. The fourth-order valence-electron chi connectivity index (χ4n) is 3.26. The van der Waals surface area contributed by atoms with Gasteiger partial charge in [-0.2, -0.15) is 4.31 Å². The van der Waals surface area contributed by atoms with Crippen molar-refractivity contribution in [2.45, 2.75) is 37.5 Å². The summed E-state index contributed by atoms with van der Waals surface area (Å²) >= 11 is 13.6. The van der Waals surface area contributed by atoms with Gasteiger partial charge in [-0.25, -0.2) is 8.42 Å². The molecule has 1 saturated heterocycles. The molecular weight excluding hydrogens is 455 g/mol. The highest BCUT2D eigenvalue weighted by atomic mass is 35.5. The Morgan fingerprint density at radius 2 is 1.86 bits per heavy atom. The van der Waals surface area contributed by atoms with Gasteiger partial charge in [-0.3, -0.25) is 4.79 Å². The molecule has 1 aliphatic rings. The molecule has 0 bridgehead atoms. The summed E-state index contributed by atoms with van der Waals surface area (Å²) in [6.07, 6.45) is -0.443. The molecule has 0 radical (unpaired) electrons. The third kappa shape index (κ3) is 5.13. The quantitative estimate of drug-likeness (QED) is 0.650. The maximum Gasteiger partial charge on any atom is 0.253 e. The summed E-state index contributed by atoms with van der Waals surface area (Å²) in [6.45, 7) is 4.50. The first-order valence-electron chi connectivity index (χ1n) is 9.02. The van der Waals surface area contributed by atoms with Crippen molar-refractivity contribution in [3.05, 3.63) is 50.1 Å². The molecule has 0 saturated carbocycles. The minimum absolute atomic E-state index is 0.0705. The smallest absolute Gasteiger partial charge is 0.253 e. The van der Waals surface area contributed by atoms with Crippen molar-refractivity contribution in [3.63, 3.8) is 0 Å². The molecule has 0 spiro atoms. The Morgan fingerprint density at radius 3 is 2.45 bits per heavy atom. The second-order valence-electron chi connectivity index (χ2n) is 7.09. The van der Waals surface area contributed by atoms with Crippen LogP contribution in [0.2, 0.25) is 9.36 Å². The minimum atomic E-state index is -3.86. The van der Waals surface area contributed by atoms with E-state index < -0.39 is 10.0 Å². The number of halogens is 2. The van der Waals surface area contributed by atoms with Crippen LogP contribution in [-0.4, -0.2) is 55.9 Å². The topological polar surface area (TPSA) is 66.9 Å². The zero-order valence-corrected chi connectivity index (χ0v) is 19.4. The summed E-state index contributed by atoms with van der Waals surface area (Å²) in [5, 5.41) is 0.0843. The Labute approximate surface area is 185 Å². The molecule has 10 heteroatoms. The van der Waals surface area contributed by atoms with Gasteiger partial charge >= 0.3 is 0 Å². The molecule has 1 amide bonds. The van der Waals surface area contributed by atoms with E-state index in [-0.39, 0.29) is 46.7 Å². The Hall–Kier alpha value is -1.16. The van der Waals surface area contributed by atoms with Crippen LogP contribution >= 0.6 is 34.5 Å². The van der Waals surface area contributed by atoms with Crippen LogP contribution in [0.25, 0.3) is 0 Å². The van der Waals surface area contributed by atoms with Gasteiger partial charge in [-0.15, -0.1) is 11.3 Å². The van der Waals surface area contributed by atoms with E-state index in [0.29, 0.717) is 10.9 Å². The molecule has 158 valence electrons. The van der Waals surface area contributed by atoms with Crippen LogP contribution in [0.1, 0.15) is 29.1 Å². The van der Waals surface area contributed by atoms with Crippen LogP contribution in [-0.2, 0) is 21.3 Å². The summed E-state index contributed by atoms with van der Waals surface area (Å²) in [7, 11) is -2.20. The predicted octanol–water partition coefficient (Wildman–Crippen LogP) is 4.13. The first-order valence-corrected chi connectivity index (χ1v) is 12.0. The molecule has 1 aliphatic heterocycles. The second-order valence-corrected chi connectivity index (χ2v) is 11.2. The van der Waals surface area contributed by atoms with E-state index >= 15 is 0 Å². The van der Waals surface area contributed by atoms with Crippen LogP contribution < -0.4 is 0 Å². The first kappa shape index (κ1) is 22.5. The van der Waals surface area contributed by atoms with Crippen LogP contribution in [0.4, 0.5) is 0 Å². The van der Waals surface area contributed by atoms with E-state index in [9.17, 15) is 13.2 Å². The number of hydrogen-bond acceptors (Lipinski definition) is 5. The van der Waals surface area contributed by atoms with Gasteiger partial charge in [0.2, 0.25) is 10.0 Å². The van der Waals surface area contributed by atoms with Crippen molar-refractivity contribution in [3.8, 4) is 0 Å². The number of ether oxygens (including phenoxy) is 1. The van der Waals surface area contributed by atoms with Gasteiger partial charge in [0.25, 0.3) is 5.91 Å². The van der Waals surface area contributed by atoms with Gasteiger partial charge in [0.05, 0.1) is 28.1 Å². The lowest BCUT2D eigenvalue weighted by Crippen LogP contribution is -2.48. The number of rotatable bonds is 5. The number of sulfonamides is 1. The average Bonchev–Trinajstić information content (AvgIpc) is 3.05. The highest BCUT2D eigenvalue weighted by molar-refractivity contribution is 7.89. The van der Waals surface area contributed by atoms with Crippen molar-refractivity contribution in [2.24, 2.45) is 0 Å². The average molecular weight is 477 g/mol. The molecule has 1 aromatic carbocycles. The molecular formula is C19H22Cl2N2O4S2. The van der Waals surface area contributed by atoms with Crippen LogP contribution in [0.15, 0.2) is 35.2 Å². The molecule has 0 unspecified atom stereocenters. The van der Waals surface area contributed by atoms with Gasteiger partial charge < -0.3 is 9.64 Å². The SMILES string of the molecule is C[C@@H]1CN(S(=O)(=O)c2cc(C(=O)N(C)Cc3ccc(Cl)s3)ccc2Cl)C[C@H](C)O1. The molecule has 6 nitrogen and oxygen atoms in total. The number of nitrogens with zero attached hydrogens (tertiary/aromatic N) is 2. The number of benzene rings is 1. The molecule has 0 N–H and O–H groups in total. The second kappa shape index (κ2) is 8.91. The number of carbonyl (C=O) groups excluding carboxylic acids is 1. The largest absolute Gasteiger partial charge is 0.373 e. The summed E-state index contributed by atoms with van der Waals surface area (Å²) in [5.41, 5.74) is 0.257. The van der Waals surface area contributed by atoms with Crippen LogP contribution in [0, 0.1) is 0 Å². The van der Waals surface area contributed by atoms with Crippen LogP contribution in [0.3, 0.4) is 0 Å². The van der Waals surface area contributed by atoms with Crippen molar-refractivity contribution < 1.29 is 17.9 Å². The Balaban J connectivity index is 1.86. The molecule has 2 atom stereocenters. The third-order valence-electron chi connectivity index (χ3n) is 4.55. The standard InChI is InChI=1S/C19H22Cl2N2O4S2/c1-12-9-23(10-13(2)27-12)29(25,26)17-8-14(4-6-16(17)20)19(24)22(3)11-15-5-7-18(21)28-15/h4-8,12-13H,9-11H2,1-3H3/t12-,13+. The molecule has 3 rings (SSSR count). The lowest BCUT2D eigenvalue weighted by atomic mass is 10.2. The molecule has 1 aromatic heterocycles. The highest BCUT2D eigenvalue weighted by Crippen LogP contribution is 2.29. The molecule has 29 heavy (non-hydrogen) atoms. The number of morpholine rings is 1. The summed E-state index contributed by atoms with van der Waals surface area (Å²) in [6, 6.07) is 7.96. The van der Waals surface area contributed by atoms with Gasteiger partial charge in [-0.1, -0.05) is 23.2 Å². The van der Waals surface area contributed by atoms with Gasteiger partial charge in [-0.05, 0) is 44.2 Å². The maximum absolute atomic E-state index is 13.2. The zero-order chi connectivity index (χ0) is 21.3. The van der Waals surface area contributed by atoms with Crippen LogP contribution in [0.5, 0.6) is 0 Å². The maximum atomic E-state index is 13.2. The Morgan fingerprint density at radius 1 is 1.21 bits per heavy atom. The normalized spacial score (nSPS) is 20.6. The van der Waals surface area contributed by atoms with Crippen molar-refractivity contribution >= 4 is 50.5 Å². The van der Waals surface area contributed by atoms with E-state index in [0.717, 1.165) is 4.88 Å². The Kier molecular flexibility index (Phi) is 6.92. The summed E-state index contributed by atoms with van der Waals surface area (Å²) in [5.74, 6) is -0.300. The van der Waals surface area contributed by atoms with E-state index in [1.165, 1.54) is 38.7 Å². The van der Waals surface area contributed by atoms with Crippen molar-refractivity contribution in [1.29, 1.82) is 0 Å². The zero-order valence-electron chi connectivity index (χ0n) is 16.3. The third-order valence-corrected chi connectivity index (χ3v) is 8.08. The van der Waals surface area contributed by atoms with E-state index in [1.54, 1.807) is 13.1 Å². The monoisotopic (exact) mass is 476 g/mol. The molecule has 2 aromatic rings. The number of carbonyl (C=O) groups is 1. The lowest BCUT2D eigenvalue weighted by Gasteiger charge is -2.34. The van der Waals surface area contributed by atoms with E-state index in [2.05, 4.69) is 0 Å². The minimum Gasteiger partial charge on any atom is -0.373 e. The fourth-order valence-corrected chi connectivity index (χ4v) is 6.49. The van der Waals surface area contributed by atoms with E-state index in [4.69, 9.17) is 27.9 Å². The van der Waals surface area contributed by atoms with E-state index in [1.807, 2.05) is 19.9 Å². The number of thiophene rings is 1. The summed E-state index contributed by atoms with van der Waals surface area (Å²) in [4.78, 5) is 15.2. The van der Waals surface area contributed by atoms with Gasteiger partial charge in [0.15, 0.2) is 0 Å². The first-order chi connectivity index (χ1) is 13.6. The highest BCUT2D eigenvalue weighted by Gasteiger charge is 2.34. The Bertz CT molecular complexity index is 999. The van der Waals surface area contributed by atoms with Crippen molar-refractivity contribution in [2.75, 3.05) is 20.1 Å². The van der Waals surface area contributed by atoms with Gasteiger partial charge in [0.1, 0.15) is 4.90 Å². The number of hydrogen-bond donors (Lipinski definition) is 0. The fraction of sp³-hybridized carbons (Fsp3) is 0.421. The van der Waals surface area contributed by atoms with Crippen molar-refractivity contribution in [1.82, 2.24) is 9.21 Å². The predicted molar refractivity (Wildman–Crippen MR) is 115 cm³/mol. The summed E-state index contributed by atoms with van der Waals surface area (Å²) < 4.78 is 34.0. The van der Waals surface area contributed by atoms with Gasteiger partial charge in [0, 0.05) is 30.6 Å². The number of amides is 1. The molecule has 0 aliphatic carbocycles.